The number of halogens is 1. The molecule has 1 unspecified atom stereocenters. The Hall–Kier alpha value is -1.07. The number of amides is 1. The highest BCUT2D eigenvalue weighted by atomic mass is 79.9. The molecule has 0 aliphatic rings. The van der Waals surface area contributed by atoms with E-state index in [-0.39, 0.29) is 6.61 Å². The molecule has 5 heteroatoms. The fraction of sp³-hybridized carbons (Fsp3) is 0.462. The number of nitrogens with one attached hydrogen (secondary N) is 1. The number of aliphatic hydroxyl groups is 1. The van der Waals surface area contributed by atoms with E-state index in [1.165, 1.54) is 0 Å². The van der Waals surface area contributed by atoms with Gasteiger partial charge in [-0.1, -0.05) is 28.1 Å². The SMILES string of the molecule is CC(C)(C)OC(=O)NC(CO)c1ccc(Br)cc1. The number of hydrogen-bond acceptors (Lipinski definition) is 3. The number of hydrogen-bond donors (Lipinski definition) is 2. The summed E-state index contributed by atoms with van der Waals surface area (Å²) in [5.74, 6) is 0. The number of carbonyl (C=O) groups excluding carboxylic acids is 1. The van der Waals surface area contributed by atoms with Crippen molar-refractivity contribution in [1.29, 1.82) is 0 Å². The molecule has 1 amide bonds. The minimum absolute atomic E-state index is 0.180. The van der Waals surface area contributed by atoms with Crippen LogP contribution in [0.4, 0.5) is 4.79 Å². The number of rotatable bonds is 3. The zero-order chi connectivity index (χ0) is 13.8. The van der Waals surface area contributed by atoms with Gasteiger partial charge in [0.2, 0.25) is 0 Å². The van der Waals surface area contributed by atoms with Gasteiger partial charge in [-0.05, 0) is 38.5 Å². The quantitative estimate of drug-likeness (QED) is 0.901. The van der Waals surface area contributed by atoms with Crippen LogP contribution in [-0.4, -0.2) is 23.4 Å². The lowest BCUT2D eigenvalue weighted by Gasteiger charge is -2.23. The van der Waals surface area contributed by atoms with Crippen molar-refractivity contribution in [2.24, 2.45) is 0 Å². The van der Waals surface area contributed by atoms with Crippen LogP contribution in [0, 0.1) is 0 Å². The van der Waals surface area contributed by atoms with Crippen LogP contribution in [-0.2, 0) is 4.74 Å². The summed E-state index contributed by atoms with van der Waals surface area (Å²) in [5, 5.41) is 11.9. The van der Waals surface area contributed by atoms with Gasteiger partial charge in [0.1, 0.15) is 5.60 Å². The van der Waals surface area contributed by atoms with E-state index in [4.69, 9.17) is 4.74 Å². The zero-order valence-corrected chi connectivity index (χ0v) is 12.3. The molecule has 2 N–H and O–H groups in total. The van der Waals surface area contributed by atoms with Crippen molar-refractivity contribution in [2.75, 3.05) is 6.61 Å². The predicted molar refractivity (Wildman–Crippen MR) is 73.3 cm³/mol. The standard InChI is InChI=1S/C13H18BrNO3/c1-13(2,3)18-12(17)15-11(8-16)9-4-6-10(14)7-5-9/h4-7,11,16H,8H2,1-3H3,(H,15,17). The molecule has 1 aromatic carbocycles. The summed E-state index contributed by atoms with van der Waals surface area (Å²) in [6.07, 6.45) is -0.538. The number of alkyl carbamates (subject to hydrolysis) is 1. The summed E-state index contributed by atoms with van der Waals surface area (Å²) in [7, 11) is 0. The van der Waals surface area contributed by atoms with Crippen molar-refractivity contribution in [1.82, 2.24) is 5.32 Å². The largest absolute Gasteiger partial charge is 0.444 e. The number of carbonyl (C=O) groups is 1. The molecule has 0 aromatic heterocycles. The predicted octanol–water partition coefficient (Wildman–Crippen LogP) is 3.01. The third kappa shape index (κ3) is 5.06. The smallest absolute Gasteiger partial charge is 0.408 e. The van der Waals surface area contributed by atoms with Crippen molar-refractivity contribution < 1.29 is 14.6 Å². The third-order valence-corrected chi connectivity index (χ3v) is 2.67. The molecule has 1 atom stereocenters. The topological polar surface area (TPSA) is 58.6 Å². The second kappa shape index (κ2) is 6.20. The summed E-state index contributed by atoms with van der Waals surface area (Å²) < 4.78 is 6.09. The number of ether oxygens (including phenoxy) is 1. The van der Waals surface area contributed by atoms with E-state index < -0.39 is 17.7 Å². The average Bonchev–Trinajstić information content (AvgIpc) is 2.25. The van der Waals surface area contributed by atoms with Crippen molar-refractivity contribution in [3.05, 3.63) is 34.3 Å². The van der Waals surface area contributed by atoms with E-state index in [1.54, 1.807) is 20.8 Å². The Morgan fingerprint density at radius 1 is 1.39 bits per heavy atom. The Bertz CT molecular complexity index is 398. The minimum atomic E-state index is -0.552. The van der Waals surface area contributed by atoms with E-state index in [9.17, 15) is 9.90 Å². The van der Waals surface area contributed by atoms with Gasteiger partial charge in [-0.15, -0.1) is 0 Å². The molecule has 0 spiro atoms. The maximum absolute atomic E-state index is 11.6. The van der Waals surface area contributed by atoms with E-state index in [1.807, 2.05) is 24.3 Å². The van der Waals surface area contributed by atoms with Crippen molar-refractivity contribution in [3.63, 3.8) is 0 Å². The Kier molecular flexibility index (Phi) is 5.16. The fourth-order valence-electron chi connectivity index (χ4n) is 1.38. The van der Waals surface area contributed by atoms with Gasteiger partial charge < -0.3 is 15.2 Å². The average molecular weight is 316 g/mol. The van der Waals surface area contributed by atoms with Gasteiger partial charge in [-0.2, -0.15) is 0 Å². The fourth-order valence-corrected chi connectivity index (χ4v) is 1.64. The van der Waals surface area contributed by atoms with Gasteiger partial charge in [0.15, 0.2) is 0 Å². The minimum Gasteiger partial charge on any atom is -0.444 e. The van der Waals surface area contributed by atoms with Crippen molar-refractivity contribution in [3.8, 4) is 0 Å². The molecule has 0 aliphatic carbocycles. The summed E-state index contributed by atoms with van der Waals surface area (Å²) >= 11 is 3.33. The van der Waals surface area contributed by atoms with Gasteiger partial charge >= 0.3 is 6.09 Å². The van der Waals surface area contributed by atoms with Crippen LogP contribution in [0.5, 0.6) is 0 Å². The maximum Gasteiger partial charge on any atom is 0.408 e. The van der Waals surface area contributed by atoms with Crippen molar-refractivity contribution in [2.45, 2.75) is 32.4 Å². The summed E-state index contributed by atoms with van der Waals surface area (Å²) in [6, 6.07) is 6.92. The van der Waals surface area contributed by atoms with Crippen LogP contribution in [0.15, 0.2) is 28.7 Å². The first-order valence-electron chi connectivity index (χ1n) is 5.67. The highest BCUT2D eigenvalue weighted by Gasteiger charge is 2.19. The van der Waals surface area contributed by atoms with Gasteiger partial charge in [-0.25, -0.2) is 4.79 Å². The van der Waals surface area contributed by atoms with E-state index >= 15 is 0 Å². The third-order valence-electron chi connectivity index (χ3n) is 2.15. The lowest BCUT2D eigenvalue weighted by molar-refractivity contribution is 0.0482. The maximum atomic E-state index is 11.6. The summed E-state index contributed by atoms with van der Waals surface area (Å²) in [4.78, 5) is 11.6. The monoisotopic (exact) mass is 315 g/mol. The first-order chi connectivity index (χ1) is 8.31. The van der Waals surface area contributed by atoms with Crippen LogP contribution < -0.4 is 5.32 Å². The normalized spacial score (nSPS) is 12.9. The Balaban J connectivity index is 2.68. The van der Waals surface area contributed by atoms with Crippen molar-refractivity contribution >= 4 is 22.0 Å². The molecular weight excluding hydrogens is 298 g/mol. The summed E-state index contributed by atoms with van der Waals surface area (Å²) in [6.45, 7) is 5.20. The second-order valence-electron chi connectivity index (χ2n) is 4.93. The molecule has 1 aromatic rings. The molecule has 0 saturated heterocycles. The van der Waals surface area contributed by atoms with E-state index in [0.717, 1.165) is 10.0 Å². The van der Waals surface area contributed by atoms with Crippen LogP contribution >= 0.6 is 15.9 Å². The molecule has 100 valence electrons. The highest BCUT2D eigenvalue weighted by Crippen LogP contribution is 2.17. The first-order valence-corrected chi connectivity index (χ1v) is 6.47. The van der Waals surface area contributed by atoms with E-state index in [2.05, 4.69) is 21.2 Å². The van der Waals surface area contributed by atoms with Crippen LogP contribution in [0.2, 0.25) is 0 Å². The van der Waals surface area contributed by atoms with E-state index in [0.29, 0.717) is 0 Å². The first kappa shape index (κ1) is 15.0. The second-order valence-corrected chi connectivity index (χ2v) is 5.85. The molecular formula is C13H18BrNO3. The van der Waals surface area contributed by atoms with Crippen LogP contribution in [0.3, 0.4) is 0 Å². The number of benzene rings is 1. The zero-order valence-electron chi connectivity index (χ0n) is 10.7. The van der Waals surface area contributed by atoms with Gasteiger partial charge in [0.05, 0.1) is 12.6 Å². The van der Waals surface area contributed by atoms with Crippen LogP contribution in [0.25, 0.3) is 0 Å². The molecule has 0 bridgehead atoms. The van der Waals surface area contributed by atoms with Crippen LogP contribution in [0.1, 0.15) is 32.4 Å². The molecule has 0 heterocycles. The lowest BCUT2D eigenvalue weighted by Crippen LogP contribution is -2.36. The summed E-state index contributed by atoms with van der Waals surface area (Å²) in [5.41, 5.74) is 0.274. The van der Waals surface area contributed by atoms with Gasteiger partial charge in [0, 0.05) is 4.47 Å². The van der Waals surface area contributed by atoms with Gasteiger partial charge in [-0.3, -0.25) is 0 Å². The lowest BCUT2D eigenvalue weighted by atomic mass is 10.1. The molecule has 0 saturated carbocycles. The highest BCUT2D eigenvalue weighted by molar-refractivity contribution is 9.10. The molecule has 1 rings (SSSR count). The van der Waals surface area contributed by atoms with Gasteiger partial charge in [0.25, 0.3) is 0 Å². The molecule has 0 aliphatic heterocycles. The Morgan fingerprint density at radius 3 is 2.39 bits per heavy atom. The molecule has 18 heavy (non-hydrogen) atoms. The Morgan fingerprint density at radius 2 is 1.94 bits per heavy atom. The molecule has 0 fully saturated rings. The number of aliphatic hydroxyl groups excluding tert-OH is 1. The Labute approximate surface area is 115 Å². The molecule has 4 nitrogen and oxygen atoms in total. The molecule has 0 radical (unpaired) electrons.